The standard InChI is InChI=1S/C25H31N5O6S2/c1-36-21-11-10-20-23(29-21)37-25(28-20)30-22(31)18(14-15-4-2-3-5-15)16-6-8-17(9-7-16)38(34,35)27-13-12-19(26)24(32)33/h6-11,15,18-19,27H,2-5,12-14,26H2,1H3,(H,32,33)(H,28,30,31)/t18?,19-/m0/s1. The number of rotatable bonds is 12. The first-order valence-corrected chi connectivity index (χ1v) is 14.7. The molecular formula is C25H31N5O6S2. The third-order valence-electron chi connectivity index (χ3n) is 6.69. The molecule has 1 aromatic carbocycles. The summed E-state index contributed by atoms with van der Waals surface area (Å²) in [5, 5.41) is 12.2. The zero-order valence-electron chi connectivity index (χ0n) is 20.9. The number of carbonyl (C=O) groups is 2. The predicted octanol–water partition coefficient (Wildman–Crippen LogP) is 3.08. The number of hydrogen-bond donors (Lipinski definition) is 4. The summed E-state index contributed by atoms with van der Waals surface area (Å²) in [4.78, 5) is 33.8. The number of thiazole rings is 1. The van der Waals surface area contributed by atoms with Gasteiger partial charge in [-0.1, -0.05) is 49.2 Å². The monoisotopic (exact) mass is 561 g/mol. The smallest absolute Gasteiger partial charge is 0.320 e. The highest BCUT2D eigenvalue weighted by Crippen LogP contribution is 2.36. The summed E-state index contributed by atoms with van der Waals surface area (Å²) in [6.45, 7) is -0.104. The number of sulfonamides is 1. The molecule has 1 unspecified atom stereocenters. The molecule has 3 aromatic rings. The lowest BCUT2D eigenvalue weighted by molar-refractivity contribution is -0.138. The highest BCUT2D eigenvalue weighted by Gasteiger charge is 2.28. The number of pyridine rings is 1. The number of anilines is 1. The fourth-order valence-corrected chi connectivity index (χ4v) is 6.45. The van der Waals surface area contributed by atoms with Gasteiger partial charge in [-0.05, 0) is 42.5 Å². The van der Waals surface area contributed by atoms with Crippen molar-refractivity contribution < 1.29 is 27.9 Å². The Labute approximate surface area is 224 Å². The van der Waals surface area contributed by atoms with Gasteiger partial charge in [0.15, 0.2) is 5.13 Å². The number of carboxylic acids is 1. The molecule has 5 N–H and O–H groups in total. The molecule has 1 aliphatic rings. The first-order valence-electron chi connectivity index (χ1n) is 12.4. The van der Waals surface area contributed by atoms with Gasteiger partial charge in [-0.3, -0.25) is 9.59 Å². The largest absolute Gasteiger partial charge is 0.481 e. The van der Waals surface area contributed by atoms with E-state index < -0.39 is 28.0 Å². The molecule has 1 saturated carbocycles. The van der Waals surface area contributed by atoms with Gasteiger partial charge in [-0.2, -0.15) is 0 Å². The molecular weight excluding hydrogens is 530 g/mol. The molecule has 0 spiro atoms. The summed E-state index contributed by atoms with van der Waals surface area (Å²) in [7, 11) is -2.33. The Hall–Kier alpha value is -3.13. The predicted molar refractivity (Wildman–Crippen MR) is 144 cm³/mol. The summed E-state index contributed by atoms with van der Waals surface area (Å²) in [6.07, 6.45) is 5.01. The van der Waals surface area contributed by atoms with Crippen LogP contribution < -0.4 is 20.5 Å². The molecule has 0 aliphatic heterocycles. The van der Waals surface area contributed by atoms with Crippen molar-refractivity contribution in [1.82, 2.24) is 14.7 Å². The van der Waals surface area contributed by atoms with Crippen molar-refractivity contribution in [3.63, 3.8) is 0 Å². The molecule has 2 atom stereocenters. The second kappa shape index (κ2) is 12.2. The van der Waals surface area contributed by atoms with Crippen molar-refractivity contribution >= 4 is 48.7 Å². The van der Waals surface area contributed by atoms with Gasteiger partial charge in [-0.15, -0.1) is 0 Å². The molecule has 204 valence electrons. The number of nitrogens with zero attached hydrogens (tertiary/aromatic N) is 2. The Balaban J connectivity index is 1.50. The number of carbonyl (C=O) groups excluding carboxylic acids is 1. The summed E-state index contributed by atoms with van der Waals surface area (Å²) in [5.74, 6) is -1.00. The van der Waals surface area contributed by atoms with Gasteiger partial charge in [0.2, 0.25) is 21.8 Å². The van der Waals surface area contributed by atoms with Crippen LogP contribution in [0.2, 0.25) is 0 Å². The molecule has 13 heteroatoms. The summed E-state index contributed by atoms with van der Waals surface area (Å²) in [5.41, 5.74) is 6.81. The molecule has 2 heterocycles. The highest BCUT2D eigenvalue weighted by molar-refractivity contribution is 7.89. The number of hydrogen-bond acceptors (Lipinski definition) is 9. The van der Waals surface area contributed by atoms with Crippen LogP contribution in [0.4, 0.5) is 5.13 Å². The minimum absolute atomic E-state index is 0.0244. The van der Waals surface area contributed by atoms with Crippen molar-refractivity contribution in [2.75, 3.05) is 19.0 Å². The molecule has 2 aromatic heterocycles. The van der Waals surface area contributed by atoms with Gasteiger partial charge < -0.3 is 20.9 Å². The fraction of sp³-hybridized carbons (Fsp3) is 0.440. The number of benzene rings is 1. The van der Waals surface area contributed by atoms with Crippen LogP contribution in [0.25, 0.3) is 10.3 Å². The average Bonchev–Trinajstić information content (AvgIpc) is 3.55. The van der Waals surface area contributed by atoms with E-state index in [1.54, 1.807) is 24.3 Å². The number of aromatic nitrogens is 2. The second-order valence-electron chi connectivity index (χ2n) is 9.33. The van der Waals surface area contributed by atoms with E-state index in [0.29, 0.717) is 39.3 Å². The van der Waals surface area contributed by atoms with E-state index in [-0.39, 0.29) is 23.8 Å². The van der Waals surface area contributed by atoms with Crippen LogP contribution in [0.3, 0.4) is 0 Å². The van der Waals surface area contributed by atoms with Gasteiger partial charge in [0.1, 0.15) is 16.4 Å². The fourth-order valence-electron chi connectivity index (χ4n) is 4.57. The van der Waals surface area contributed by atoms with Crippen molar-refractivity contribution in [2.45, 2.75) is 55.4 Å². The van der Waals surface area contributed by atoms with Crippen molar-refractivity contribution in [2.24, 2.45) is 11.7 Å². The molecule has 4 rings (SSSR count). The Bertz CT molecular complexity index is 1390. The number of fused-ring (bicyclic) bond motifs is 1. The van der Waals surface area contributed by atoms with Gasteiger partial charge in [0.25, 0.3) is 0 Å². The number of nitrogens with two attached hydrogens (primary N) is 1. The van der Waals surface area contributed by atoms with E-state index in [1.807, 2.05) is 0 Å². The van der Waals surface area contributed by atoms with E-state index in [0.717, 1.165) is 25.7 Å². The van der Waals surface area contributed by atoms with Gasteiger partial charge in [0.05, 0.1) is 17.9 Å². The van der Waals surface area contributed by atoms with Crippen LogP contribution in [0.1, 0.15) is 50.0 Å². The third-order valence-corrected chi connectivity index (χ3v) is 9.04. The summed E-state index contributed by atoms with van der Waals surface area (Å²) < 4.78 is 32.8. The highest BCUT2D eigenvalue weighted by atomic mass is 32.2. The second-order valence-corrected chi connectivity index (χ2v) is 12.1. The van der Waals surface area contributed by atoms with Crippen molar-refractivity contribution in [3.05, 3.63) is 42.0 Å². The van der Waals surface area contributed by atoms with Crippen LogP contribution in [-0.4, -0.2) is 55.1 Å². The minimum Gasteiger partial charge on any atom is -0.481 e. The number of aliphatic carboxylic acids is 1. The molecule has 0 saturated heterocycles. The summed E-state index contributed by atoms with van der Waals surface area (Å²) >= 11 is 1.26. The SMILES string of the molecule is COc1ccc2nc(NC(=O)C(CC3CCCC3)c3ccc(S(=O)(=O)NCC[C@H](N)C(=O)O)cc3)sc2n1. The Morgan fingerprint density at radius 1 is 1.16 bits per heavy atom. The van der Waals surface area contributed by atoms with E-state index in [4.69, 9.17) is 15.6 Å². The Morgan fingerprint density at radius 2 is 1.87 bits per heavy atom. The lowest BCUT2D eigenvalue weighted by Crippen LogP contribution is -2.35. The van der Waals surface area contributed by atoms with E-state index in [9.17, 15) is 18.0 Å². The molecule has 1 aliphatic carbocycles. The van der Waals surface area contributed by atoms with Crippen LogP contribution in [-0.2, 0) is 19.6 Å². The Morgan fingerprint density at radius 3 is 2.53 bits per heavy atom. The first kappa shape index (κ1) is 27.9. The zero-order chi connectivity index (χ0) is 27.3. The van der Waals surface area contributed by atoms with Gasteiger partial charge >= 0.3 is 5.97 Å². The number of ether oxygens (including phenoxy) is 1. The topological polar surface area (TPSA) is 174 Å². The molecule has 38 heavy (non-hydrogen) atoms. The number of methoxy groups -OCH3 is 1. The van der Waals surface area contributed by atoms with Crippen LogP contribution in [0.5, 0.6) is 5.88 Å². The molecule has 1 fully saturated rings. The van der Waals surface area contributed by atoms with Gasteiger partial charge in [0, 0.05) is 12.6 Å². The van der Waals surface area contributed by atoms with Crippen LogP contribution in [0.15, 0.2) is 41.3 Å². The van der Waals surface area contributed by atoms with Crippen molar-refractivity contribution in [3.8, 4) is 5.88 Å². The maximum absolute atomic E-state index is 13.5. The lowest BCUT2D eigenvalue weighted by Gasteiger charge is -2.20. The maximum Gasteiger partial charge on any atom is 0.320 e. The molecule has 1 amide bonds. The number of amides is 1. The normalized spacial score (nSPS) is 15.8. The molecule has 0 bridgehead atoms. The first-order chi connectivity index (χ1) is 18.2. The molecule has 11 nitrogen and oxygen atoms in total. The minimum atomic E-state index is -3.86. The number of nitrogens with one attached hydrogen (secondary N) is 2. The Kier molecular flexibility index (Phi) is 8.92. The van der Waals surface area contributed by atoms with E-state index in [2.05, 4.69) is 20.0 Å². The van der Waals surface area contributed by atoms with E-state index in [1.165, 1.54) is 30.6 Å². The third kappa shape index (κ3) is 6.84. The zero-order valence-corrected chi connectivity index (χ0v) is 22.6. The number of carboxylic acid groups (broad SMARTS) is 1. The van der Waals surface area contributed by atoms with Crippen molar-refractivity contribution in [1.29, 1.82) is 0 Å². The van der Waals surface area contributed by atoms with Crippen LogP contribution in [0, 0.1) is 5.92 Å². The van der Waals surface area contributed by atoms with Gasteiger partial charge in [-0.25, -0.2) is 23.1 Å². The van der Waals surface area contributed by atoms with E-state index >= 15 is 0 Å². The summed E-state index contributed by atoms with van der Waals surface area (Å²) in [6, 6.07) is 8.56. The molecule has 0 radical (unpaired) electrons. The lowest BCUT2D eigenvalue weighted by atomic mass is 9.87. The maximum atomic E-state index is 13.5. The average molecular weight is 562 g/mol. The van der Waals surface area contributed by atoms with Crippen LogP contribution >= 0.6 is 11.3 Å². The quantitative estimate of drug-likeness (QED) is 0.259.